The minimum atomic E-state index is -4.59. The van der Waals surface area contributed by atoms with Crippen LogP contribution in [-0.4, -0.2) is 50.2 Å². The van der Waals surface area contributed by atoms with Gasteiger partial charge in [-0.15, -0.1) is 0 Å². The third-order valence-electron chi connectivity index (χ3n) is 5.94. The molecule has 1 atom stereocenters. The summed E-state index contributed by atoms with van der Waals surface area (Å²) < 4.78 is 64.5. The van der Waals surface area contributed by atoms with Gasteiger partial charge in [-0.05, 0) is 43.9 Å². The zero-order valence-corrected chi connectivity index (χ0v) is 17.0. The maximum Gasteiger partial charge on any atom is 0.416 e. The SMILES string of the molecule is O=CC(NC1CCCCC1)N1CCC(S(=O)(=O)c2cccc(C(F)(F)F)c2)CC1. The molecule has 0 amide bonds. The predicted octanol–water partition coefficient (Wildman–Crippen LogP) is 3.39. The Morgan fingerprint density at radius 1 is 1.07 bits per heavy atom. The smallest absolute Gasteiger partial charge is 0.300 e. The van der Waals surface area contributed by atoms with E-state index in [1.54, 1.807) is 0 Å². The van der Waals surface area contributed by atoms with Crippen molar-refractivity contribution >= 4 is 16.1 Å². The molecule has 29 heavy (non-hydrogen) atoms. The summed E-state index contributed by atoms with van der Waals surface area (Å²) in [5.41, 5.74) is -0.964. The maximum absolute atomic E-state index is 12.9. The molecule has 162 valence electrons. The summed E-state index contributed by atoms with van der Waals surface area (Å²) in [5.74, 6) is 0. The van der Waals surface area contributed by atoms with E-state index in [9.17, 15) is 26.4 Å². The van der Waals surface area contributed by atoms with Gasteiger partial charge in [0.05, 0.1) is 15.7 Å². The molecular formula is C20H27F3N2O3S. The Balaban J connectivity index is 1.64. The third kappa shape index (κ3) is 5.38. The lowest BCUT2D eigenvalue weighted by Crippen LogP contribution is -2.54. The fraction of sp³-hybridized carbons (Fsp3) is 0.650. The fourth-order valence-corrected chi connectivity index (χ4v) is 6.02. The molecule has 5 nitrogen and oxygen atoms in total. The van der Waals surface area contributed by atoms with Gasteiger partial charge in [-0.25, -0.2) is 8.42 Å². The van der Waals surface area contributed by atoms with Crippen molar-refractivity contribution in [3.8, 4) is 0 Å². The molecule has 1 aromatic rings. The van der Waals surface area contributed by atoms with E-state index >= 15 is 0 Å². The van der Waals surface area contributed by atoms with E-state index in [0.717, 1.165) is 44.1 Å². The van der Waals surface area contributed by atoms with E-state index in [4.69, 9.17) is 0 Å². The highest BCUT2D eigenvalue weighted by Crippen LogP contribution is 2.32. The van der Waals surface area contributed by atoms with Gasteiger partial charge in [0.2, 0.25) is 0 Å². The lowest BCUT2D eigenvalue weighted by atomic mass is 9.95. The molecule has 0 aromatic heterocycles. The lowest BCUT2D eigenvalue weighted by molar-refractivity contribution is -0.137. The van der Waals surface area contributed by atoms with Crippen molar-refractivity contribution in [2.45, 2.75) is 73.5 Å². The first-order chi connectivity index (χ1) is 13.7. The Hall–Kier alpha value is -1.45. The van der Waals surface area contributed by atoms with E-state index < -0.39 is 33.0 Å². The number of nitrogens with one attached hydrogen (secondary N) is 1. The van der Waals surface area contributed by atoms with Crippen LogP contribution in [0.4, 0.5) is 13.2 Å². The van der Waals surface area contributed by atoms with Crippen LogP contribution in [0, 0.1) is 0 Å². The van der Waals surface area contributed by atoms with E-state index in [-0.39, 0.29) is 17.7 Å². The highest BCUT2D eigenvalue weighted by molar-refractivity contribution is 7.92. The van der Waals surface area contributed by atoms with Crippen molar-refractivity contribution in [2.24, 2.45) is 0 Å². The molecule has 1 unspecified atom stereocenters. The summed E-state index contributed by atoms with van der Waals surface area (Å²) >= 11 is 0. The molecule has 1 heterocycles. The third-order valence-corrected chi connectivity index (χ3v) is 8.20. The summed E-state index contributed by atoms with van der Waals surface area (Å²) in [4.78, 5) is 13.2. The number of hydrogen-bond acceptors (Lipinski definition) is 5. The number of halogens is 3. The van der Waals surface area contributed by atoms with Crippen LogP contribution in [0.25, 0.3) is 0 Å². The van der Waals surface area contributed by atoms with E-state index in [0.29, 0.717) is 25.2 Å². The molecular weight excluding hydrogens is 405 g/mol. The van der Waals surface area contributed by atoms with Crippen LogP contribution in [0.15, 0.2) is 29.2 Å². The quantitative estimate of drug-likeness (QED) is 0.698. The Bertz CT molecular complexity index is 799. The summed E-state index contributed by atoms with van der Waals surface area (Å²) in [7, 11) is -3.86. The van der Waals surface area contributed by atoms with Gasteiger partial charge in [0.15, 0.2) is 16.1 Å². The first-order valence-corrected chi connectivity index (χ1v) is 11.6. The molecule has 1 aliphatic heterocycles. The van der Waals surface area contributed by atoms with Gasteiger partial charge in [-0.2, -0.15) is 13.2 Å². The standard InChI is InChI=1S/C20H27F3N2O3S/c21-20(22,23)15-5-4-8-18(13-15)29(27,28)17-9-11-25(12-10-17)19(14-26)24-16-6-2-1-3-7-16/h4-5,8,13-14,16-17,19,24H,1-3,6-7,9-12H2. The van der Waals surface area contributed by atoms with Crippen LogP contribution in [0.1, 0.15) is 50.5 Å². The molecule has 1 saturated heterocycles. The molecule has 0 bridgehead atoms. The zero-order valence-electron chi connectivity index (χ0n) is 16.2. The second-order valence-electron chi connectivity index (χ2n) is 7.89. The minimum Gasteiger partial charge on any atom is -0.300 e. The van der Waals surface area contributed by atoms with Gasteiger partial charge < -0.3 is 4.79 Å². The molecule has 3 rings (SSSR count). The predicted molar refractivity (Wildman–Crippen MR) is 103 cm³/mol. The molecule has 2 aliphatic rings. The number of aldehydes is 1. The Morgan fingerprint density at radius 3 is 2.31 bits per heavy atom. The molecule has 2 fully saturated rings. The van der Waals surface area contributed by atoms with E-state index in [1.165, 1.54) is 12.5 Å². The number of carbonyl (C=O) groups excluding carboxylic acids is 1. The lowest BCUT2D eigenvalue weighted by Gasteiger charge is -2.37. The summed E-state index contributed by atoms with van der Waals surface area (Å²) in [5, 5.41) is 2.62. The Labute approximate surface area is 169 Å². The zero-order chi connectivity index (χ0) is 21.1. The number of likely N-dealkylation sites (tertiary alicyclic amines) is 1. The van der Waals surface area contributed by atoms with Crippen molar-refractivity contribution in [3.05, 3.63) is 29.8 Å². The van der Waals surface area contributed by atoms with Crippen LogP contribution in [0.3, 0.4) is 0 Å². The summed E-state index contributed by atoms with van der Waals surface area (Å²) in [6.45, 7) is 0.817. The first kappa shape index (κ1) is 22.2. The molecule has 1 aliphatic carbocycles. The molecule has 0 spiro atoms. The van der Waals surface area contributed by atoms with Gasteiger partial charge >= 0.3 is 6.18 Å². The maximum atomic E-state index is 12.9. The molecule has 1 N–H and O–H groups in total. The van der Waals surface area contributed by atoms with Crippen molar-refractivity contribution in [1.29, 1.82) is 0 Å². The summed E-state index contributed by atoms with van der Waals surface area (Å²) in [6.07, 6.45) is 1.95. The Morgan fingerprint density at radius 2 is 1.72 bits per heavy atom. The van der Waals surface area contributed by atoms with Crippen molar-refractivity contribution < 1.29 is 26.4 Å². The molecule has 1 aromatic carbocycles. The highest BCUT2D eigenvalue weighted by atomic mass is 32.2. The molecule has 9 heteroatoms. The first-order valence-electron chi connectivity index (χ1n) is 10.1. The number of rotatable bonds is 6. The number of benzene rings is 1. The number of nitrogens with zero attached hydrogens (tertiary/aromatic N) is 1. The molecule has 0 radical (unpaired) electrons. The van der Waals surface area contributed by atoms with Crippen LogP contribution < -0.4 is 5.32 Å². The second-order valence-corrected chi connectivity index (χ2v) is 10.1. The molecule has 1 saturated carbocycles. The van der Waals surface area contributed by atoms with Gasteiger partial charge in [0.1, 0.15) is 6.17 Å². The average molecular weight is 433 g/mol. The van der Waals surface area contributed by atoms with Crippen LogP contribution in [0.2, 0.25) is 0 Å². The number of sulfone groups is 1. The van der Waals surface area contributed by atoms with Crippen LogP contribution in [0.5, 0.6) is 0 Å². The van der Waals surface area contributed by atoms with E-state index in [1.807, 2.05) is 4.90 Å². The van der Waals surface area contributed by atoms with Crippen molar-refractivity contribution in [1.82, 2.24) is 10.2 Å². The van der Waals surface area contributed by atoms with Crippen molar-refractivity contribution in [3.63, 3.8) is 0 Å². The fourth-order valence-electron chi connectivity index (χ4n) is 4.25. The largest absolute Gasteiger partial charge is 0.416 e. The highest BCUT2D eigenvalue weighted by Gasteiger charge is 2.36. The van der Waals surface area contributed by atoms with Crippen molar-refractivity contribution in [2.75, 3.05) is 13.1 Å². The van der Waals surface area contributed by atoms with Crippen LogP contribution >= 0.6 is 0 Å². The number of piperidine rings is 1. The van der Waals surface area contributed by atoms with E-state index in [2.05, 4.69) is 5.32 Å². The van der Waals surface area contributed by atoms with Gasteiger partial charge in [0, 0.05) is 19.1 Å². The monoisotopic (exact) mass is 432 g/mol. The minimum absolute atomic E-state index is 0.287. The normalized spacial score (nSPS) is 21.8. The topological polar surface area (TPSA) is 66.5 Å². The number of alkyl halides is 3. The average Bonchev–Trinajstić information content (AvgIpc) is 2.72. The van der Waals surface area contributed by atoms with Gasteiger partial charge in [-0.3, -0.25) is 10.2 Å². The van der Waals surface area contributed by atoms with Gasteiger partial charge in [-0.1, -0.05) is 25.3 Å². The number of hydrogen-bond donors (Lipinski definition) is 1. The summed E-state index contributed by atoms with van der Waals surface area (Å²) in [6, 6.07) is 4.22. The second kappa shape index (κ2) is 9.14. The van der Waals surface area contributed by atoms with Crippen LogP contribution in [-0.2, 0) is 20.8 Å². The Kier molecular flexibility index (Phi) is 7.01. The van der Waals surface area contributed by atoms with Gasteiger partial charge in [0.25, 0.3) is 0 Å². The number of carbonyl (C=O) groups is 1.